The minimum atomic E-state index is -0.553. The van der Waals surface area contributed by atoms with Gasteiger partial charge in [0.05, 0.1) is 6.54 Å². The molecule has 2 rings (SSSR count). The van der Waals surface area contributed by atoms with Crippen LogP contribution in [0.4, 0.5) is 0 Å². The van der Waals surface area contributed by atoms with Crippen molar-refractivity contribution in [3.8, 4) is 11.5 Å². The van der Waals surface area contributed by atoms with E-state index in [-0.39, 0.29) is 5.91 Å². The number of rotatable bonds is 7. The summed E-state index contributed by atoms with van der Waals surface area (Å²) < 4.78 is 11.4. The molecule has 4 heteroatoms. The average Bonchev–Trinajstić information content (AvgIpc) is 2.51. The molecule has 0 fully saturated rings. The quantitative estimate of drug-likeness (QED) is 0.778. The minimum Gasteiger partial charge on any atom is -0.491 e. The number of aryl methyl sites for hydroxylation is 4. The summed E-state index contributed by atoms with van der Waals surface area (Å²) in [6.07, 6.45) is -0.553. The summed E-state index contributed by atoms with van der Waals surface area (Å²) in [7, 11) is 0. The van der Waals surface area contributed by atoms with Gasteiger partial charge in [-0.25, -0.2) is 0 Å². The summed E-state index contributed by atoms with van der Waals surface area (Å²) in [6, 6.07) is 12.0. The summed E-state index contributed by atoms with van der Waals surface area (Å²) >= 11 is 0. The predicted octanol–water partition coefficient (Wildman–Crippen LogP) is 3.88. The molecule has 0 aliphatic carbocycles. The lowest BCUT2D eigenvalue weighted by Gasteiger charge is -2.16. The molecule has 1 N–H and O–H groups in total. The Morgan fingerprint density at radius 2 is 1.68 bits per heavy atom. The zero-order valence-electron chi connectivity index (χ0n) is 15.7. The first-order chi connectivity index (χ1) is 11.8. The van der Waals surface area contributed by atoms with Crippen molar-refractivity contribution in [2.45, 2.75) is 40.7 Å². The van der Waals surface area contributed by atoms with E-state index in [9.17, 15) is 4.79 Å². The molecule has 2 aromatic rings. The Morgan fingerprint density at radius 3 is 2.32 bits per heavy atom. The first-order valence-corrected chi connectivity index (χ1v) is 8.58. The van der Waals surface area contributed by atoms with Gasteiger partial charge in [-0.15, -0.1) is 0 Å². The largest absolute Gasteiger partial charge is 0.491 e. The number of ether oxygens (including phenoxy) is 2. The average molecular weight is 341 g/mol. The Balaban J connectivity index is 1.77. The first kappa shape index (κ1) is 18.8. The van der Waals surface area contributed by atoms with Gasteiger partial charge in [0, 0.05) is 0 Å². The zero-order chi connectivity index (χ0) is 18.4. The third kappa shape index (κ3) is 5.82. The van der Waals surface area contributed by atoms with Crippen LogP contribution >= 0.6 is 0 Å². The predicted molar refractivity (Wildman–Crippen MR) is 100 cm³/mol. The van der Waals surface area contributed by atoms with Crippen molar-refractivity contribution in [3.05, 3.63) is 58.7 Å². The van der Waals surface area contributed by atoms with Crippen LogP contribution in [0.25, 0.3) is 0 Å². The summed E-state index contributed by atoms with van der Waals surface area (Å²) in [4.78, 5) is 12.1. The highest BCUT2D eigenvalue weighted by Crippen LogP contribution is 2.19. The van der Waals surface area contributed by atoms with Crippen LogP contribution in [-0.4, -0.2) is 25.2 Å². The number of benzene rings is 2. The van der Waals surface area contributed by atoms with E-state index in [4.69, 9.17) is 9.47 Å². The molecule has 0 saturated carbocycles. The molecule has 0 bridgehead atoms. The standard InChI is InChI=1S/C21H27NO3/c1-14-6-7-20(17(4)11-14)24-9-8-22-21(23)18(5)25-19-12-15(2)10-16(3)13-19/h6-7,10-13,18H,8-9H2,1-5H3,(H,22,23). The van der Waals surface area contributed by atoms with Crippen LogP contribution in [0.3, 0.4) is 0 Å². The smallest absolute Gasteiger partial charge is 0.260 e. The SMILES string of the molecule is Cc1cc(C)cc(OC(C)C(=O)NCCOc2ccc(C)cc2C)c1. The highest BCUT2D eigenvalue weighted by molar-refractivity contribution is 5.80. The van der Waals surface area contributed by atoms with Gasteiger partial charge in [-0.1, -0.05) is 23.8 Å². The molecule has 0 aliphatic rings. The second kappa shape index (κ2) is 8.56. The molecule has 2 aromatic carbocycles. The Kier molecular flexibility index (Phi) is 6.45. The lowest BCUT2D eigenvalue weighted by atomic mass is 10.1. The van der Waals surface area contributed by atoms with E-state index >= 15 is 0 Å². The van der Waals surface area contributed by atoms with Crippen LogP contribution in [0, 0.1) is 27.7 Å². The Bertz CT molecular complexity index is 720. The fourth-order valence-electron chi connectivity index (χ4n) is 2.70. The molecule has 0 aliphatic heterocycles. The number of carbonyl (C=O) groups excluding carboxylic acids is 1. The monoisotopic (exact) mass is 341 g/mol. The molecule has 0 aromatic heterocycles. The highest BCUT2D eigenvalue weighted by atomic mass is 16.5. The van der Waals surface area contributed by atoms with Gasteiger partial charge in [0.1, 0.15) is 18.1 Å². The lowest BCUT2D eigenvalue weighted by Crippen LogP contribution is -2.38. The van der Waals surface area contributed by atoms with E-state index < -0.39 is 6.10 Å². The van der Waals surface area contributed by atoms with Crippen LogP contribution in [0.5, 0.6) is 11.5 Å². The molecule has 0 saturated heterocycles. The third-order valence-electron chi connectivity index (χ3n) is 3.87. The van der Waals surface area contributed by atoms with E-state index in [0.717, 1.165) is 22.4 Å². The van der Waals surface area contributed by atoms with E-state index in [1.165, 1.54) is 5.56 Å². The molecule has 134 valence electrons. The number of nitrogens with one attached hydrogen (secondary N) is 1. The van der Waals surface area contributed by atoms with Crippen molar-refractivity contribution >= 4 is 5.91 Å². The van der Waals surface area contributed by atoms with Crippen LogP contribution in [0.15, 0.2) is 36.4 Å². The Labute approximate surface area is 150 Å². The normalized spacial score (nSPS) is 11.7. The fourth-order valence-corrected chi connectivity index (χ4v) is 2.70. The van der Waals surface area contributed by atoms with Crippen LogP contribution in [-0.2, 0) is 4.79 Å². The number of carbonyl (C=O) groups is 1. The second-order valence-electron chi connectivity index (χ2n) is 6.49. The van der Waals surface area contributed by atoms with Gasteiger partial charge in [-0.2, -0.15) is 0 Å². The summed E-state index contributed by atoms with van der Waals surface area (Å²) in [5, 5.41) is 2.84. The fraction of sp³-hybridized carbons (Fsp3) is 0.381. The highest BCUT2D eigenvalue weighted by Gasteiger charge is 2.14. The van der Waals surface area contributed by atoms with Gasteiger partial charge >= 0.3 is 0 Å². The van der Waals surface area contributed by atoms with Gasteiger partial charge in [-0.3, -0.25) is 4.79 Å². The molecule has 1 amide bonds. The van der Waals surface area contributed by atoms with Crippen molar-refractivity contribution in [1.82, 2.24) is 5.32 Å². The van der Waals surface area contributed by atoms with E-state index in [1.807, 2.05) is 52.0 Å². The maximum atomic E-state index is 12.1. The van der Waals surface area contributed by atoms with Gasteiger partial charge in [0.25, 0.3) is 5.91 Å². The number of hydrogen-bond donors (Lipinski definition) is 1. The van der Waals surface area contributed by atoms with Crippen molar-refractivity contribution in [3.63, 3.8) is 0 Å². The number of hydrogen-bond acceptors (Lipinski definition) is 3. The molecule has 4 nitrogen and oxygen atoms in total. The minimum absolute atomic E-state index is 0.150. The number of amides is 1. The van der Waals surface area contributed by atoms with Crippen LogP contribution in [0.2, 0.25) is 0 Å². The molecule has 0 spiro atoms. The Hall–Kier alpha value is -2.49. The maximum absolute atomic E-state index is 12.1. The summed E-state index contributed by atoms with van der Waals surface area (Å²) in [6.45, 7) is 10.7. The first-order valence-electron chi connectivity index (χ1n) is 8.58. The molecule has 0 heterocycles. The van der Waals surface area contributed by atoms with Gasteiger partial charge in [0.2, 0.25) is 0 Å². The van der Waals surface area contributed by atoms with Gasteiger partial charge < -0.3 is 14.8 Å². The van der Waals surface area contributed by atoms with E-state index in [1.54, 1.807) is 6.92 Å². The molecular weight excluding hydrogens is 314 g/mol. The van der Waals surface area contributed by atoms with Crippen molar-refractivity contribution < 1.29 is 14.3 Å². The van der Waals surface area contributed by atoms with E-state index in [2.05, 4.69) is 17.4 Å². The molecule has 0 radical (unpaired) electrons. The molecule has 1 atom stereocenters. The van der Waals surface area contributed by atoms with Gasteiger partial charge in [0.15, 0.2) is 6.10 Å². The third-order valence-corrected chi connectivity index (χ3v) is 3.87. The summed E-state index contributed by atoms with van der Waals surface area (Å²) in [5.74, 6) is 1.41. The topological polar surface area (TPSA) is 47.6 Å². The maximum Gasteiger partial charge on any atom is 0.260 e. The second-order valence-corrected chi connectivity index (χ2v) is 6.49. The summed E-state index contributed by atoms with van der Waals surface area (Å²) in [5.41, 5.74) is 4.53. The molecular formula is C21H27NO3. The van der Waals surface area contributed by atoms with Crippen molar-refractivity contribution in [1.29, 1.82) is 0 Å². The Morgan fingerprint density at radius 1 is 1.00 bits per heavy atom. The molecule has 25 heavy (non-hydrogen) atoms. The van der Waals surface area contributed by atoms with Crippen molar-refractivity contribution in [2.75, 3.05) is 13.2 Å². The van der Waals surface area contributed by atoms with E-state index in [0.29, 0.717) is 18.9 Å². The van der Waals surface area contributed by atoms with Crippen molar-refractivity contribution in [2.24, 2.45) is 0 Å². The lowest BCUT2D eigenvalue weighted by molar-refractivity contribution is -0.127. The molecule has 1 unspecified atom stereocenters. The van der Waals surface area contributed by atoms with Crippen LogP contribution < -0.4 is 14.8 Å². The zero-order valence-corrected chi connectivity index (χ0v) is 15.7. The van der Waals surface area contributed by atoms with Gasteiger partial charge in [-0.05, 0) is 69.5 Å². The van der Waals surface area contributed by atoms with Crippen LogP contribution in [0.1, 0.15) is 29.2 Å².